The van der Waals surface area contributed by atoms with Gasteiger partial charge in [0.15, 0.2) is 0 Å². The van der Waals surface area contributed by atoms with Crippen molar-refractivity contribution in [2.24, 2.45) is 0 Å². The third-order valence-electron chi connectivity index (χ3n) is 4.69. The van der Waals surface area contributed by atoms with Crippen LogP contribution in [0.5, 0.6) is 0 Å². The monoisotopic (exact) mass is 290 g/mol. The maximum atomic E-state index is 11.2. The van der Waals surface area contributed by atoms with Gasteiger partial charge in [-0.25, -0.2) is 4.79 Å². The normalized spacial score (nSPS) is 21.3. The predicted octanol–water partition coefficient (Wildman–Crippen LogP) is 1.34. The van der Waals surface area contributed by atoms with Crippen molar-refractivity contribution in [3.63, 3.8) is 0 Å². The highest BCUT2D eigenvalue weighted by molar-refractivity contribution is 5.90. The summed E-state index contributed by atoms with van der Waals surface area (Å²) >= 11 is 0. The number of rotatable bonds is 3. The molecule has 2 N–H and O–H groups in total. The quantitative estimate of drug-likeness (QED) is 0.879. The van der Waals surface area contributed by atoms with E-state index < -0.39 is 5.97 Å². The maximum absolute atomic E-state index is 11.2. The molecule has 2 heterocycles. The Morgan fingerprint density at radius 2 is 1.90 bits per heavy atom. The zero-order chi connectivity index (χ0) is 15.0. The van der Waals surface area contributed by atoms with Gasteiger partial charge < -0.3 is 15.1 Å². The molecular formula is C16H22N2O3. The largest absolute Gasteiger partial charge is 0.478 e. The summed E-state index contributed by atoms with van der Waals surface area (Å²) in [4.78, 5) is 15.9. The van der Waals surface area contributed by atoms with E-state index >= 15 is 0 Å². The lowest BCUT2D eigenvalue weighted by atomic mass is 9.99. The van der Waals surface area contributed by atoms with Crippen LogP contribution in [0.1, 0.15) is 28.8 Å². The van der Waals surface area contributed by atoms with Crippen LogP contribution < -0.4 is 4.90 Å². The van der Waals surface area contributed by atoms with Crippen LogP contribution in [-0.2, 0) is 0 Å². The van der Waals surface area contributed by atoms with Crippen molar-refractivity contribution < 1.29 is 15.0 Å². The van der Waals surface area contributed by atoms with Crippen molar-refractivity contribution in [3.05, 3.63) is 29.3 Å². The number of carboxylic acid groups (broad SMARTS) is 1. The Balaban J connectivity index is 1.61. The second-order valence-electron chi connectivity index (χ2n) is 6.13. The topological polar surface area (TPSA) is 64.0 Å². The SMILES string of the molecule is Cc1ccc(N2CC(N3CCC(O)CC3)C2)cc1C(=O)O. The lowest BCUT2D eigenvalue weighted by molar-refractivity contribution is 0.0531. The Bertz CT molecular complexity index is 532. The number of carbonyl (C=O) groups is 1. The molecule has 1 aromatic rings. The molecule has 0 amide bonds. The number of benzene rings is 1. The number of piperidine rings is 1. The van der Waals surface area contributed by atoms with Gasteiger partial charge in [0.25, 0.3) is 0 Å². The second-order valence-corrected chi connectivity index (χ2v) is 6.13. The number of hydrogen-bond acceptors (Lipinski definition) is 4. The van der Waals surface area contributed by atoms with Gasteiger partial charge in [0.05, 0.1) is 11.7 Å². The molecule has 3 rings (SSSR count). The highest BCUT2D eigenvalue weighted by Crippen LogP contribution is 2.27. The molecule has 0 aromatic heterocycles. The van der Waals surface area contributed by atoms with Crippen molar-refractivity contribution in [3.8, 4) is 0 Å². The average Bonchev–Trinajstić information content (AvgIpc) is 2.40. The molecule has 114 valence electrons. The average molecular weight is 290 g/mol. The fraction of sp³-hybridized carbons (Fsp3) is 0.562. The molecule has 0 aliphatic carbocycles. The summed E-state index contributed by atoms with van der Waals surface area (Å²) in [6.45, 7) is 5.64. The van der Waals surface area contributed by atoms with E-state index in [2.05, 4.69) is 9.80 Å². The highest BCUT2D eigenvalue weighted by atomic mass is 16.4. The maximum Gasteiger partial charge on any atom is 0.336 e. The Morgan fingerprint density at radius 3 is 2.52 bits per heavy atom. The molecule has 0 saturated carbocycles. The lowest BCUT2D eigenvalue weighted by Crippen LogP contribution is -2.61. The van der Waals surface area contributed by atoms with Crippen molar-refractivity contribution in [1.29, 1.82) is 0 Å². The van der Waals surface area contributed by atoms with E-state index in [1.54, 1.807) is 6.07 Å². The van der Waals surface area contributed by atoms with Crippen LogP contribution >= 0.6 is 0 Å². The number of anilines is 1. The molecule has 2 aliphatic heterocycles. The van der Waals surface area contributed by atoms with Crippen LogP contribution in [0.4, 0.5) is 5.69 Å². The van der Waals surface area contributed by atoms with Gasteiger partial charge in [-0.15, -0.1) is 0 Å². The number of carboxylic acids is 1. The standard InChI is InChI=1S/C16H22N2O3/c1-11-2-3-12(8-15(11)16(20)21)18-9-13(10-18)17-6-4-14(19)5-7-17/h2-3,8,13-14,19H,4-7,9-10H2,1H3,(H,20,21). The summed E-state index contributed by atoms with van der Waals surface area (Å²) in [6, 6.07) is 6.18. The third-order valence-corrected chi connectivity index (χ3v) is 4.69. The lowest BCUT2D eigenvalue weighted by Gasteiger charge is -2.48. The van der Waals surface area contributed by atoms with E-state index in [1.165, 1.54) is 0 Å². The molecule has 5 nitrogen and oxygen atoms in total. The predicted molar refractivity (Wildman–Crippen MR) is 81.0 cm³/mol. The Kier molecular flexibility index (Phi) is 3.87. The third kappa shape index (κ3) is 2.89. The second kappa shape index (κ2) is 5.66. The molecule has 0 atom stereocenters. The van der Waals surface area contributed by atoms with Gasteiger partial charge in [-0.3, -0.25) is 4.90 Å². The molecule has 0 bridgehead atoms. The highest BCUT2D eigenvalue weighted by Gasteiger charge is 2.33. The molecule has 0 radical (unpaired) electrons. The summed E-state index contributed by atoms with van der Waals surface area (Å²) in [5, 5.41) is 18.7. The summed E-state index contributed by atoms with van der Waals surface area (Å²) in [5.74, 6) is -0.864. The number of aromatic carboxylic acids is 1. The minimum Gasteiger partial charge on any atom is -0.478 e. The van der Waals surface area contributed by atoms with E-state index in [0.717, 1.165) is 50.3 Å². The van der Waals surface area contributed by atoms with Gasteiger partial charge in [-0.2, -0.15) is 0 Å². The minimum atomic E-state index is -0.864. The molecule has 2 aliphatic rings. The first-order chi connectivity index (χ1) is 10.0. The first-order valence-corrected chi connectivity index (χ1v) is 7.55. The Hall–Kier alpha value is -1.59. The number of aliphatic hydroxyl groups is 1. The molecule has 1 aromatic carbocycles. The summed E-state index contributed by atoms with van der Waals surface area (Å²) in [7, 11) is 0. The molecule has 21 heavy (non-hydrogen) atoms. The van der Waals surface area contributed by atoms with Crippen LogP contribution in [-0.4, -0.2) is 59.4 Å². The van der Waals surface area contributed by atoms with Crippen molar-refractivity contribution in [1.82, 2.24) is 4.90 Å². The van der Waals surface area contributed by atoms with E-state index in [1.807, 2.05) is 19.1 Å². The molecule has 2 saturated heterocycles. The molecule has 2 fully saturated rings. The van der Waals surface area contributed by atoms with Crippen LogP contribution in [0, 0.1) is 6.92 Å². The van der Waals surface area contributed by atoms with Crippen molar-refractivity contribution in [2.75, 3.05) is 31.1 Å². The number of aryl methyl sites for hydroxylation is 1. The number of nitrogens with zero attached hydrogens (tertiary/aromatic N) is 2. The zero-order valence-electron chi connectivity index (χ0n) is 12.3. The number of aliphatic hydroxyl groups excluding tert-OH is 1. The van der Waals surface area contributed by atoms with Gasteiger partial charge in [0, 0.05) is 37.9 Å². The van der Waals surface area contributed by atoms with Crippen molar-refractivity contribution >= 4 is 11.7 Å². The number of hydrogen-bond donors (Lipinski definition) is 2. The Morgan fingerprint density at radius 1 is 1.24 bits per heavy atom. The smallest absolute Gasteiger partial charge is 0.336 e. The van der Waals surface area contributed by atoms with Crippen LogP contribution in [0.25, 0.3) is 0 Å². The summed E-state index contributed by atoms with van der Waals surface area (Å²) in [6.07, 6.45) is 1.60. The van der Waals surface area contributed by atoms with Gasteiger partial charge in [0.1, 0.15) is 0 Å². The summed E-state index contributed by atoms with van der Waals surface area (Å²) < 4.78 is 0. The van der Waals surface area contributed by atoms with Gasteiger partial charge in [0.2, 0.25) is 0 Å². The molecule has 5 heteroatoms. The molecule has 0 unspecified atom stereocenters. The number of likely N-dealkylation sites (tertiary alicyclic amines) is 1. The van der Waals surface area contributed by atoms with E-state index in [9.17, 15) is 15.0 Å². The van der Waals surface area contributed by atoms with Crippen LogP contribution in [0.3, 0.4) is 0 Å². The van der Waals surface area contributed by atoms with E-state index in [4.69, 9.17) is 0 Å². The fourth-order valence-corrected chi connectivity index (χ4v) is 3.19. The van der Waals surface area contributed by atoms with Gasteiger partial charge >= 0.3 is 5.97 Å². The first-order valence-electron chi connectivity index (χ1n) is 7.55. The van der Waals surface area contributed by atoms with Crippen LogP contribution in [0.2, 0.25) is 0 Å². The van der Waals surface area contributed by atoms with E-state index in [0.29, 0.717) is 11.6 Å². The minimum absolute atomic E-state index is 0.132. The van der Waals surface area contributed by atoms with Gasteiger partial charge in [-0.05, 0) is 37.5 Å². The molecular weight excluding hydrogens is 268 g/mol. The van der Waals surface area contributed by atoms with Crippen LogP contribution in [0.15, 0.2) is 18.2 Å². The summed E-state index contributed by atoms with van der Waals surface area (Å²) in [5.41, 5.74) is 2.18. The fourth-order valence-electron chi connectivity index (χ4n) is 3.19. The van der Waals surface area contributed by atoms with E-state index in [-0.39, 0.29) is 6.10 Å². The van der Waals surface area contributed by atoms with Crippen molar-refractivity contribution in [2.45, 2.75) is 31.9 Å². The Labute approximate surface area is 124 Å². The zero-order valence-corrected chi connectivity index (χ0v) is 12.3. The van der Waals surface area contributed by atoms with Gasteiger partial charge in [-0.1, -0.05) is 6.07 Å². The molecule has 0 spiro atoms. The first kappa shape index (κ1) is 14.4.